The van der Waals surface area contributed by atoms with Crippen LogP contribution in [0.3, 0.4) is 0 Å². The van der Waals surface area contributed by atoms with Crippen LogP contribution in [0.25, 0.3) is 0 Å². The zero-order valence-electron chi connectivity index (χ0n) is 19.1. The third-order valence-corrected chi connectivity index (χ3v) is 10.2. The van der Waals surface area contributed by atoms with E-state index in [0.29, 0.717) is 36.1 Å². The lowest BCUT2D eigenvalue weighted by molar-refractivity contribution is 0.218. The Bertz CT molecular complexity index is 807. The van der Waals surface area contributed by atoms with Crippen LogP contribution >= 0.6 is 81.2 Å². The Balaban J connectivity index is 1.40. The fraction of sp³-hybridized carbons (Fsp3) is 0.800. The van der Waals surface area contributed by atoms with Crippen LogP contribution in [0, 0.1) is 23.7 Å². The summed E-state index contributed by atoms with van der Waals surface area (Å²) in [5.41, 5.74) is 0. The lowest BCUT2D eigenvalue weighted by atomic mass is 9.75. The van der Waals surface area contributed by atoms with E-state index in [1.54, 1.807) is 0 Å². The summed E-state index contributed by atoms with van der Waals surface area (Å²) in [5, 5.41) is 0.382. The maximum Gasteiger partial charge on any atom is 0.199 e. The Kier molecular flexibility index (Phi) is 9.71. The Labute approximate surface area is 238 Å². The van der Waals surface area contributed by atoms with Gasteiger partial charge in [0.25, 0.3) is 0 Å². The van der Waals surface area contributed by atoms with Crippen molar-refractivity contribution >= 4 is 81.2 Å². The van der Waals surface area contributed by atoms with Crippen LogP contribution in [0.15, 0.2) is 16.6 Å². The minimum absolute atomic E-state index is 0.112. The van der Waals surface area contributed by atoms with Crippen LogP contribution in [0.2, 0.25) is 5.15 Å². The van der Waals surface area contributed by atoms with E-state index in [0.717, 1.165) is 37.5 Å². The molecule has 4 rings (SSSR count). The van der Waals surface area contributed by atoms with E-state index in [2.05, 4.69) is 17.1 Å². The molecule has 0 bridgehead atoms. The molecule has 0 radical (unpaired) electrons. The Morgan fingerprint density at radius 1 is 0.676 bits per heavy atom. The third-order valence-electron chi connectivity index (χ3n) is 8.06. The van der Waals surface area contributed by atoms with Crippen molar-refractivity contribution in [3.63, 3.8) is 0 Å². The first-order valence-electron chi connectivity index (χ1n) is 12.5. The van der Waals surface area contributed by atoms with Gasteiger partial charge in [0.05, 0.1) is 0 Å². The summed E-state index contributed by atoms with van der Waals surface area (Å²) >= 11 is 44.1. The van der Waals surface area contributed by atoms with Crippen molar-refractivity contribution in [3.05, 3.63) is 29.0 Å². The monoisotopic (exact) mass is 607 g/mol. The van der Waals surface area contributed by atoms with E-state index in [4.69, 9.17) is 85.6 Å². The second-order valence-corrected chi connectivity index (χ2v) is 15.6. The van der Waals surface area contributed by atoms with Crippen molar-refractivity contribution in [3.8, 4) is 0 Å². The molecular formula is C25H32Cl7NO. The van der Waals surface area contributed by atoms with Crippen LogP contribution in [0.4, 0.5) is 0 Å². The SMILES string of the molecule is Clc1nc(C2CCC(/C=C/C3CCCCC3)CC2)oc1C1CC(C(Cl)(Cl)Cl)CC(C(Cl)(Cl)Cl)C1. The molecule has 0 aliphatic heterocycles. The molecule has 0 saturated heterocycles. The molecule has 1 aromatic heterocycles. The standard InChI is InChI=1S/C25H32Cl7NO/c26-22-21(18-12-19(24(27,28)29)14-20(13-18)25(30,31)32)34-23(33-22)17-10-8-16(9-11-17)7-6-15-4-2-1-3-5-15/h6-7,15-20H,1-5,8-14H2/b7-6+. The molecule has 34 heavy (non-hydrogen) atoms. The molecule has 0 N–H and O–H groups in total. The second kappa shape index (κ2) is 11.8. The van der Waals surface area contributed by atoms with Gasteiger partial charge >= 0.3 is 0 Å². The summed E-state index contributed by atoms with van der Waals surface area (Å²) in [5.74, 6) is 2.41. The van der Waals surface area contributed by atoms with E-state index in [1.807, 2.05) is 0 Å². The second-order valence-electron chi connectivity index (χ2n) is 10.5. The van der Waals surface area contributed by atoms with Gasteiger partial charge in [-0.25, -0.2) is 4.98 Å². The minimum Gasteiger partial charge on any atom is -0.443 e. The van der Waals surface area contributed by atoms with Crippen LogP contribution < -0.4 is 0 Å². The van der Waals surface area contributed by atoms with E-state index < -0.39 is 7.59 Å². The van der Waals surface area contributed by atoms with Gasteiger partial charge in [-0.2, -0.15) is 0 Å². The highest BCUT2D eigenvalue weighted by Crippen LogP contribution is 2.55. The quantitative estimate of drug-likeness (QED) is 0.250. The highest BCUT2D eigenvalue weighted by Gasteiger charge is 2.47. The van der Waals surface area contributed by atoms with Gasteiger partial charge in [-0.3, -0.25) is 0 Å². The number of alkyl halides is 6. The van der Waals surface area contributed by atoms with Crippen molar-refractivity contribution in [2.45, 2.75) is 96.5 Å². The lowest BCUT2D eigenvalue weighted by Crippen LogP contribution is -2.35. The summed E-state index contributed by atoms with van der Waals surface area (Å²) in [4.78, 5) is 4.61. The summed E-state index contributed by atoms with van der Waals surface area (Å²) in [6.45, 7) is 0. The first-order valence-corrected chi connectivity index (χ1v) is 15.1. The Hall–Kier alpha value is 0.980. The topological polar surface area (TPSA) is 26.0 Å². The molecule has 2 atom stereocenters. The number of hydrogen-bond donors (Lipinski definition) is 0. The van der Waals surface area contributed by atoms with E-state index in [9.17, 15) is 0 Å². The number of rotatable bonds is 4. The first kappa shape index (κ1) is 28.0. The molecular weight excluding hydrogens is 578 g/mol. The van der Waals surface area contributed by atoms with Gasteiger partial charge in [-0.15, -0.1) is 0 Å². The zero-order valence-corrected chi connectivity index (χ0v) is 24.4. The van der Waals surface area contributed by atoms with Crippen molar-refractivity contribution in [2.24, 2.45) is 23.7 Å². The van der Waals surface area contributed by atoms with Gasteiger partial charge in [0.15, 0.2) is 18.6 Å². The van der Waals surface area contributed by atoms with Crippen LogP contribution in [0.5, 0.6) is 0 Å². The van der Waals surface area contributed by atoms with E-state index in [1.165, 1.54) is 32.1 Å². The maximum atomic E-state index is 6.57. The van der Waals surface area contributed by atoms with Crippen molar-refractivity contribution in [1.29, 1.82) is 0 Å². The molecule has 1 heterocycles. The molecule has 192 valence electrons. The molecule has 3 aliphatic rings. The molecule has 0 amide bonds. The summed E-state index contributed by atoms with van der Waals surface area (Å²) in [6, 6.07) is 0. The molecule has 3 aliphatic carbocycles. The molecule has 0 aromatic carbocycles. The Morgan fingerprint density at radius 3 is 1.74 bits per heavy atom. The number of nitrogens with zero attached hydrogens (tertiary/aromatic N) is 1. The zero-order chi connectivity index (χ0) is 24.5. The van der Waals surface area contributed by atoms with Gasteiger partial charge in [0.1, 0.15) is 5.76 Å². The molecule has 0 spiro atoms. The number of aromatic nitrogens is 1. The molecule has 1 aromatic rings. The smallest absolute Gasteiger partial charge is 0.199 e. The lowest BCUT2D eigenvalue weighted by Gasteiger charge is -2.39. The molecule has 9 heteroatoms. The molecule has 3 saturated carbocycles. The number of halogens is 7. The van der Waals surface area contributed by atoms with Crippen LogP contribution in [-0.2, 0) is 0 Å². The molecule has 2 unspecified atom stereocenters. The van der Waals surface area contributed by atoms with Crippen LogP contribution in [-0.4, -0.2) is 12.6 Å². The van der Waals surface area contributed by atoms with Crippen LogP contribution in [0.1, 0.15) is 101 Å². The number of allylic oxidation sites excluding steroid dienone is 2. The summed E-state index contributed by atoms with van der Waals surface area (Å²) in [7, 11) is 0. The van der Waals surface area contributed by atoms with Gasteiger partial charge in [-0.05, 0) is 69.6 Å². The van der Waals surface area contributed by atoms with Gasteiger partial charge in [0.2, 0.25) is 0 Å². The van der Waals surface area contributed by atoms with Gasteiger partial charge < -0.3 is 4.42 Å². The van der Waals surface area contributed by atoms with E-state index in [-0.39, 0.29) is 23.7 Å². The normalized spacial score (nSPS) is 32.4. The minimum atomic E-state index is -1.45. The summed E-state index contributed by atoms with van der Waals surface area (Å²) < 4.78 is 3.38. The number of hydrogen-bond acceptors (Lipinski definition) is 2. The van der Waals surface area contributed by atoms with E-state index >= 15 is 0 Å². The highest BCUT2D eigenvalue weighted by molar-refractivity contribution is 6.68. The predicted molar refractivity (Wildman–Crippen MR) is 146 cm³/mol. The molecule has 2 nitrogen and oxygen atoms in total. The average molecular weight is 611 g/mol. The van der Waals surface area contributed by atoms with Crippen molar-refractivity contribution in [1.82, 2.24) is 4.98 Å². The Morgan fingerprint density at radius 2 is 1.21 bits per heavy atom. The molecule has 3 fully saturated rings. The van der Waals surface area contributed by atoms with Gasteiger partial charge in [0, 0.05) is 23.7 Å². The largest absolute Gasteiger partial charge is 0.443 e. The van der Waals surface area contributed by atoms with Crippen molar-refractivity contribution in [2.75, 3.05) is 0 Å². The first-order chi connectivity index (χ1) is 16.0. The predicted octanol–water partition coefficient (Wildman–Crippen LogP) is 11.0. The fourth-order valence-corrected chi connectivity index (χ4v) is 7.37. The summed E-state index contributed by atoms with van der Waals surface area (Å²) in [6.07, 6.45) is 17.9. The van der Waals surface area contributed by atoms with Crippen molar-refractivity contribution < 1.29 is 4.42 Å². The average Bonchev–Trinajstić information content (AvgIpc) is 3.19. The maximum absolute atomic E-state index is 6.57. The highest BCUT2D eigenvalue weighted by atomic mass is 35.6. The third kappa shape index (κ3) is 7.30. The fourth-order valence-electron chi connectivity index (χ4n) is 6.02. The van der Waals surface area contributed by atoms with Gasteiger partial charge in [-0.1, -0.05) is 113 Å². The number of oxazole rings is 1.